The summed E-state index contributed by atoms with van der Waals surface area (Å²) in [4.78, 5) is 9.14. The molecule has 4 nitrogen and oxygen atoms in total. The molecule has 0 bridgehead atoms. The molecule has 0 aliphatic rings. The molecule has 0 amide bonds. The van der Waals surface area contributed by atoms with Gasteiger partial charge in [0.1, 0.15) is 0 Å². The summed E-state index contributed by atoms with van der Waals surface area (Å²) < 4.78 is 22.3. The number of ether oxygens (including phenoxy) is 1. The standard InChI is InChI=1S/C27H55O4P2/c1-6-7-8-9-10-11-12-13-14-15-16-17-18-19-20-21-22-23-24-25-26-30-27(2,31-32(28)29)33(3,4)5/h13-14H,6-12,15-26H2,1-5H3/q+1/p+1. The molecule has 0 saturated carbocycles. The normalized spacial score (nSPS) is 14.7. The molecule has 0 aromatic rings. The first-order chi connectivity index (χ1) is 15.7. The SMILES string of the molecule is CCCCCCCCC=CCCCCCCCCCCCCOC(C)(O[P+](=O)O)[P+](C)(C)C. The Labute approximate surface area is 208 Å². The van der Waals surface area contributed by atoms with E-state index in [1.54, 1.807) is 6.92 Å². The topological polar surface area (TPSA) is 55.8 Å². The van der Waals surface area contributed by atoms with Gasteiger partial charge in [0.2, 0.25) is 0 Å². The number of rotatable bonds is 24. The number of unbranched alkanes of at least 4 members (excludes halogenated alkanes) is 16. The van der Waals surface area contributed by atoms with Gasteiger partial charge in [-0.3, -0.25) is 0 Å². The van der Waals surface area contributed by atoms with Crippen molar-refractivity contribution in [3.05, 3.63) is 12.2 Å². The van der Waals surface area contributed by atoms with Crippen LogP contribution in [0.5, 0.6) is 0 Å². The van der Waals surface area contributed by atoms with Gasteiger partial charge >= 0.3 is 13.8 Å². The Morgan fingerprint density at radius 3 is 1.52 bits per heavy atom. The molecular weight excluding hydrogens is 450 g/mol. The predicted molar refractivity (Wildman–Crippen MR) is 148 cm³/mol. The lowest BCUT2D eigenvalue weighted by Crippen LogP contribution is -2.32. The molecule has 0 fully saturated rings. The molecule has 0 aromatic carbocycles. The quantitative estimate of drug-likeness (QED) is 0.0612. The molecule has 0 saturated heterocycles. The van der Waals surface area contributed by atoms with Crippen molar-refractivity contribution in [2.45, 2.75) is 135 Å². The van der Waals surface area contributed by atoms with Crippen molar-refractivity contribution in [2.24, 2.45) is 0 Å². The maximum absolute atomic E-state index is 11.1. The van der Waals surface area contributed by atoms with Crippen molar-refractivity contribution in [3.63, 3.8) is 0 Å². The maximum atomic E-state index is 11.1. The van der Waals surface area contributed by atoms with Crippen molar-refractivity contribution in [1.29, 1.82) is 0 Å². The van der Waals surface area contributed by atoms with E-state index in [9.17, 15) is 4.57 Å². The lowest BCUT2D eigenvalue weighted by Gasteiger charge is -2.29. The Balaban J connectivity index is 3.45. The van der Waals surface area contributed by atoms with Gasteiger partial charge in [-0.05, 0) is 36.6 Å². The Morgan fingerprint density at radius 2 is 1.12 bits per heavy atom. The maximum Gasteiger partial charge on any atom is 0.701 e. The minimum Gasteiger partial charge on any atom is -0.316 e. The minimum absolute atomic E-state index is 0.588. The average molecular weight is 507 g/mol. The van der Waals surface area contributed by atoms with Crippen LogP contribution < -0.4 is 0 Å². The molecule has 0 spiro atoms. The van der Waals surface area contributed by atoms with Crippen LogP contribution in [0.4, 0.5) is 0 Å². The summed E-state index contributed by atoms with van der Waals surface area (Å²) in [5.74, 6) is 0. The van der Waals surface area contributed by atoms with Gasteiger partial charge in [-0.15, -0.1) is 4.89 Å². The second kappa shape index (κ2) is 21.4. The van der Waals surface area contributed by atoms with Crippen molar-refractivity contribution < 1.29 is 18.7 Å². The molecule has 0 aliphatic carbocycles. The summed E-state index contributed by atoms with van der Waals surface area (Å²) in [5.41, 5.74) is -0.932. The molecule has 196 valence electrons. The summed E-state index contributed by atoms with van der Waals surface area (Å²) >= 11 is 0. The van der Waals surface area contributed by atoms with Crippen molar-refractivity contribution in [2.75, 3.05) is 26.6 Å². The monoisotopic (exact) mass is 506 g/mol. The van der Waals surface area contributed by atoms with Crippen LogP contribution in [-0.2, 0) is 13.8 Å². The molecule has 1 N–H and O–H groups in total. The molecule has 0 heterocycles. The fraction of sp³-hybridized carbons (Fsp3) is 0.926. The van der Waals surface area contributed by atoms with Gasteiger partial charge < -0.3 is 4.74 Å². The van der Waals surface area contributed by atoms with Crippen molar-refractivity contribution in [1.82, 2.24) is 0 Å². The zero-order chi connectivity index (χ0) is 24.8. The molecule has 6 heteroatoms. The highest BCUT2D eigenvalue weighted by Crippen LogP contribution is 2.62. The molecule has 0 rings (SSSR count). The van der Waals surface area contributed by atoms with E-state index in [2.05, 4.69) is 39.1 Å². The van der Waals surface area contributed by atoms with Crippen LogP contribution in [0.1, 0.15) is 129 Å². The van der Waals surface area contributed by atoms with Gasteiger partial charge in [-0.1, -0.05) is 103 Å². The number of hydrogen-bond acceptors (Lipinski definition) is 3. The highest BCUT2D eigenvalue weighted by molar-refractivity contribution is 7.75. The first kappa shape index (κ1) is 33.1. The minimum atomic E-state index is -2.65. The third-order valence-corrected chi connectivity index (χ3v) is 9.80. The van der Waals surface area contributed by atoms with E-state index in [1.807, 2.05) is 0 Å². The summed E-state index contributed by atoms with van der Waals surface area (Å²) in [5, 5.41) is 0. The predicted octanol–water partition coefficient (Wildman–Crippen LogP) is 9.85. The highest BCUT2D eigenvalue weighted by Gasteiger charge is 2.53. The Bertz CT molecular complexity index is 491. The molecule has 33 heavy (non-hydrogen) atoms. The van der Waals surface area contributed by atoms with Gasteiger partial charge in [-0.2, -0.15) is 0 Å². The van der Waals surface area contributed by atoms with Crippen molar-refractivity contribution in [3.8, 4) is 0 Å². The van der Waals surface area contributed by atoms with E-state index >= 15 is 0 Å². The second-order valence-electron chi connectivity index (χ2n) is 10.4. The lowest BCUT2D eigenvalue weighted by molar-refractivity contribution is -0.106. The second-order valence-corrected chi connectivity index (χ2v) is 15.9. The zero-order valence-electron chi connectivity index (χ0n) is 22.7. The first-order valence-corrected chi connectivity index (χ1v) is 17.9. The zero-order valence-corrected chi connectivity index (χ0v) is 24.4. The van der Waals surface area contributed by atoms with Gasteiger partial charge in [-0.25, -0.2) is 0 Å². The number of hydrogen-bond donors (Lipinski definition) is 1. The van der Waals surface area contributed by atoms with E-state index < -0.39 is 21.0 Å². The van der Waals surface area contributed by atoms with E-state index in [-0.39, 0.29) is 0 Å². The molecule has 2 atom stereocenters. The van der Waals surface area contributed by atoms with Crippen LogP contribution in [0.25, 0.3) is 0 Å². The molecular formula is C27H56O4P2+2. The molecule has 0 radical (unpaired) electrons. The highest BCUT2D eigenvalue weighted by atomic mass is 31.2. The van der Waals surface area contributed by atoms with Crippen LogP contribution in [0.15, 0.2) is 12.2 Å². The Morgan fingerprint density at radius 1 is 0.727 bits per heavy atom. The van der Waals surface area contributed by atoms with Crippen LogP contribution >= 0.6 is 15.5 Å². The van der Waals surface area contributed by atoms with Crippen LogP contribution in [0.3, 0.4) is 0 Å². The van der Waals surface area contributed by atoms with E-state index in [0.717, 1.165) is 12.8 Å². The summed E-state index contributed by atoms with van der Waals surface area (Å²) in [6.07, 6.45) is 28.5. The van der Waals surface area contributed by atoms with Gasteiger partial charge in [0, 0.05) is 11.5 Å². The largest absolute Gasteiger partial charge is 0.701 e. The lowest BCUT2D eigenvalue weighted by atomic mass is 10.1. The van der Waals surface area contributed by atoms with Crippen molar-refractivity contribution >= 4 is 15.5 Å². The first-order valence-electron chi connectivity index (χ1n) is 13.7. The van der Waals surface area contributed by atoms with E-state index in [0.29, 0.717) is 6.61 Å². The van der Waals surface area contributed by atoms with Crippen LogP contribution in [-0.4, -0.2) is 37.0 Å². The van der Waals surface area contributed by atoms with Crippen LogP contribution in [0, 0.1) is 0 Å². The summed E-state index contributed by atoms with van der Waals surface area (Å²) in [6.45, 7) is 10.9. The number of allylic oxidation sites excluding steroid dienone is 2. The van der Waals surface area contributed by atoms with Crippen LogP contribution in [0.2, 0.25) is 0 Å². The third kappa shape index (κ3) is 20.1. The smallest absolute Gasteiger partial charge is 0.316 e. The summed E-state index contributed by atoms with van der Waals surface area (Å²) in [6, 6.07) is 0. The van der Waals surface area contributed by atoms with E-state index in [1.165, 1.54) is 103 Å². The van der Waals surface area contributed by atoms with E-state index in [4.69, 9.17) is 14.2 Å². The Hall–Kier alpha value is 0.150. The molecule has 2 unspecified atom stereocenters. The van der Waals surface area contributed by atoms with Gasteiger partial charge in [0.25, 0.3) is 0 Å². The molecule has 0 aliphatic heterocycles. The average Bonchev–Trinajstić information content (AvgIpc) is 2.73. The van der Waals surface area contributed by atoms with Gasteiger partial charge in [0.15, 0.2) is 0 Å². The summed E-state index contributed by atoms with van der Waals surface area (Å²) in [7, 11) is -4.23. The third-order valence-electron chi connectivity index (χ3n) is 6.49. The Kier molecular flexibility index (Phi) is 21.5. The van der Waals surface area contributed by atoms with Gasteiger partial charge in [0.05, 0.1) is 33.9 Å². The fourth-order valence-electron chi connectivity index (χ4n) is 3.81. The molecule has 0 aromatic heterocycles. The fourth-order valence-corrected chi connectivity index (χ4v) is 5.82.